The lowest BCUT2D eigenvalue weighted by molar-refractivity contribution is 0.618. The molecule has 0 bridgehead atoms. The average molecular weight is 252 g/mol. The first kappa shape index (κ1) is 12.6. The summed E-state index contributed by atoms with van der Waals surface area (Å²) < 4.78 is 0. The van der Waals surface area contributed by atoms with Crippen LogP contribution < -0.4 is 10.2 Å². The summed E-state index contributed by atoms with van der Waals surface area (Å²) in [4.78, 5) is 11.3. The maximum absolute atomic E-state index is 4.52. The molecule has 2 heterocycles. The molecule has 0 spiro atoms. The van der Waals surface area contributed by atoms with E-state index >= 15 is 0 Å². The Morgan fingerprint density at radius 1 is 1.41 bits per heavy atom. The maximum atomic E-state index is 4.52. The molecule has 0 radical (unpaired) electrons. The third kappa shape index (κ3) is 2.90. The Kier molecular flexibility index (Phi) is 4.23. The predicted octanol–water partition coefficient (Wildman–Crippen LogP) is 1.53. The van der Waals surface area contributed by atoms with Crippen molar-refractivity contribution in [3.63, 3.8) is 0 Å². The second-order valence-electron chi connectivity index (χ2n) is 4.41. The fraction of sp³-hybridized carbons (Fsp3) is 0.667. The molecule has 0 aliphatic carbocycles. The summed E-state index contributed by atoms with van der Waals surface area (Å²) in [6.07, 6.45) is 3.76. The van der Waals surface area contributed by atoms with Gasteiger partial charge in [0.2, 0.25) is 0 Å². The highest BCUT2D eigenvalue weighted by Crippen LogP contribution is 2.27. The van der Waals surface area contributed by atoms with Crippen LogP contribution in [0.15, 0.2) is 12.4 Å². The van der Waals surface area contributed by atoms with Crippen molar-refractivity contribution in [3.05, 3.63) is 18.1 Å². The molecule has 0 saturated carbocycles. The molecule has 1 fully saturated rings. The van der Waals surface area contributed by atoms with Crippen LogP contribution in [0.4, 0.5) is 5.82 Å². The zero-order valence-corrected chi connectivity index (χ0v) is 11.5. The lowest BCUT2D eigenvalue weighted by Gasteiger charge is -2.38. The van der Waals surface area contributed by atoms with Crippen LogP contribution in [-0.2, 0) is 6.54 Å². The fourth-order valence-corrected chi connectivity index (χ4v) is 3.12. The minimum Gasteiger partial charge on any atom is -0.351 e. The third-order valence-electron chi connectivity index (χ3n) is 3.23. The molecule has 1 aliphatic heterocycles. The van der Waals surface area contributed by atoms with Gasteiger partial charge in [-0.1, -0.05) is 6.92 Å². The number of nitrogens with zero attached hydrogens (tertiary/aromatic N) is 3. The monoisotopic (exact) mass is 252 g/mol. The summed E-state index contributed by atoms with van der Waals surface area (Å²) >= 11 is 2.04. The third-order valence-corrected chi connectivity index (χ3v) is 4.57. The standard InChI is InChI=1S/C12H20N4S/c1-9-10(2)17-5-4-16(9)12-8-14-11(6-13-3)7-15-12/h7-10,13H,4-6H2,1-3H3. The van der Waals surface area contributed by atoms with E-state index in [2.05, 4.69) is 34.0 Å². The van der Waals surface area contributed by atoms with Gasteiger partial charge in [-0.2, -0.15) is 11.8 Å². The van der Waals surface area contributed by atoms with Gasteiger partial charge >= 0.3 is 0 Å². The molecule has 1 saturated heterocycles. The van der Waals surface area contributed by atoms with Crippen LogP contribution in [0.25, 0.3) is 0 Å². The van der Waals surface area contributed by atoms with Gasteiger partial charge in [0.15, 0.2) is 0 Å². The van der Waals surface area contributed by atoms with Crippen LogP contribution in [0.2, 0.25) is 0 Å². The molecule has 94 valence electrons. The van der Waals surface area contributed by atoms with Crippen molar-refractivity contribution < 1.29 is 0 Å². The quantitative estimate of drug-likeness (QED) is 0.883. The van der Waals surface area contributed by atoms with Gasteiger partial charge in [-0.05, 0) is 14.0 Å². The molecule has 0 amide bonds. The fourth-order valence-electron chi connectivity index (χ4n) is 2.03. The Morgan fingerprint density at radius 3 is 2.88 bits per heavy atom. The summed E-state index contributed by atoms with van der Waals surface area (Å²) in [6, 6.07) is 0.526. The predicted molar refractivity (Wildman–Crippen MR) is 73.5 cm³/mol. The van der Waals surface area contributed by atoms with Crippen LogP contribution in [0.3, 0.4) is 0 Å². The van der Waals surface area contributed by atoms with Gasteiger partial charge < -0.3 is 10.2 Å². The Bertz CT molecular complexity index is 354. The van der Waals surface area contributed by atoms with Crippen molar-refractivity contribution in [3.8, 4) is 0 Å². The highest BCUT2D eigenvalue weighted by Gasteiger charge is 2.26. The van der Waals surface area contributed by atoms with Crippen LogP contribution in [0.5, 0.6) is 0 Å². The topological polar surface area (TPSA) is 41.1 Å². The lowest BCUT2D eigenvalue weighted by atomic mass is 10.2. The van der Waals surface area contributed by atoms with Gasteiger partial charge in [0.25, 0.3) is 0 Å². The number of rotatable bonds is 3. The summed E-state index contributed by atoms with van der Waals surface area (Å²) in [5.74, 6) is 2.18. The van der Waals surface area contributed by atoms with E-state index in [1.807, 2.05) is 31.2 Å². The highest BCUT2D eigenvalue weighted by atomic mass is 32.2. The maximum Gasteiger partial charge on any atom is 0.147 e. The molecule has 5 heteroatoms. The smallest absolute Gasteiger partial charge is 0.147 e. The number of nitrogens with one attached hydrogen (secondary N) is 1. The van der Waals surface area contributed by atoms with Gasteiger partial charge in [0, 0.05) is 30.1 Å². The van der Waals surface area contributed by atoms with E-state index in [1.165, 1.54) is 5.75 Å². The minimum atomic E-state index is 0.526. The van der Waals surface area contributed by atoms with E-state index in [4.69, 9.17) is 0 Å². The van der Waals surface area contributed by atoms with Crippen molar-refractivity contribution in [2.75, 3.05) is 24.2 Å². The van der Waals surface area contributed by atoms with E-state index in [9.17, 15) is 0 Å². The average Bonchev–Trinajstić information content (AvgIpc) is 2.34. The number of hydrogen-bond acceptors (Lipinski definition) is 5. The molecule has 17 heavy (non-hydrogen) atoms. The molecule has 2 unspecified atom stereocenters. The highest BCUT2D eigenvalue weighted by molar-refractivity contribution is 8.00. The first-order valence-corrected chi connectivity index (χ1v) is 7.11. The second-order valence-corrected chi connectivity index (χ2v) is 5.89. The zero-order valence-electron chi connectivity index (χ0n) is 10.7. The number of hydrogen-bond donors (Lipinski definition) is 1. The van der Waals surface area contributed by atoms with Crippen molar-refractivity contribution in [1.82, 2.24) is 15.3 Å². The summed E-state index contributed by atoms with van der Waals surface area (Å²) in [7, 11) is 1.92. The Labute approximate surface area is 107 Å². The molecule has 0 aromatic carbocycles. The van der Waals surface area contributed by atoms with E-state index in [0.717, 1.165) is 24.6 Å². The van der Waals surface area contributed by atoms with Crippen molar-refractivity contribution in [2.45, 2.75) is 31.7 Å². The lowest BCUT2D eigenvalue weighted by Crippen LogP contribution is -2.45. The van der Waals surface area contributed by atoms with Gasteiger partial charge in [-0.25, -0.2) is 4.98 Å². The number of aromatic nitrogens is 2. The Hall–Kier alpha value is -0.810. The Balaban J connectivity index is 2.10. The normalized spacial score (nSPS) is 25.0. The first-order chi connectivity index (χ1) is 8.22. The van der Waals surface area contributed by atoms with Crippen molar-refractivity contribution in [1.29, 1.82) is 0 Å². The molecule has 4 nitrogen and oxygen atoms in total. The van der Waals surface area contributed by atoms with Crippen LogP contribution >= 0.6 is 11.8 Å². The SMILES string of the molecule is CNCc1cnc(N2CCSC(C)C2C)cn1. The number of anilines is 1. The molecule has 1 N–H and O–H groups in total. The minimum absolute atomic E-state index is 0.526. The summed E-state index contributed by atoms with van der Waals surface area (Å²) in [6.45, 7) is 6.38. The van der Waals surface area contributed by atoms with Crippen molar-refractivity contribution >= 4 is 17.6 Å². The van der Waals surface area contributed by atoms with E-state index in [-0.39, 0.29) is 0 Å². The van der Waals surface area contributed by atoms with Crippen LogP contribution in [-0.4, -0.2) is 40.6 Å². The van der Waals surface area contributed by atoms with Gasteiger partial charge in [-0.3, -0.25) is 4.98 Å². The van der Waals surface area contributed by atoms with Crippen LogP contribution in [0, 0.1) is 0 Å². The molecule has 2 rings (SSSR count). The molecule has 2 atom stereocenters. The van der Waals surface area contributed by atoms with E-state index in [0.29, 0.717) is 11.3 Å². The van der Waals surface area contributed by atoms with Crippen molar-refractivity contribution in [2.24, 2.45) is 0 Å². The molecular formula is C12H20N4S. The van der Waals surface area contributed by atoms with Gasteiger partial charge in [-0.15, -0.1) is 0 Å². The van der Waals surface area contributed by atoms with Crippen LogP contribution in [0.1, 0.15) is 19.5 Å². The number of thioether (sulfide) groups is 1. The second kappa shape index (κ2) is 5.69. The molecule has 1 aliphatic rings. The molecular weight excluding hydrogens is 232 g/mol. The largest absolute Gasteiger partial charge is 0.351 e. The Morgan fingerprint density at radius 2 is 2.24 bits per heavy atom. The zero-order chi connectivity index (χ0) is 12.3. The molecule has 1 aromatic heterocycles. The molecule has 1 aromatic rings. The van der Waals surface area contributed by atoms with E-state index in [1.54, 1.807) is 0 Å². The first-order valence-electron chi connectivity index (χ1n) is 6.06. The summed E-state index contributed by atoms with van der Waals surface area (Å²) in [5.41, 5.74) is 0.989. The van der Waals surface area contributed by atoms with E-state index < -0.39 is 0 Å². The van der Waals surface area contributed by atoms with Gasteiger partial charge in [0.1, 0.15) is 5.82 Å². The van der Waals surface area contributed by atoms with Gasteiger partial charge in [0.05, 0.1) is 18.1 Å². The summed E-state index contributed by atoms with van der Waals surface area (Å²) in [5, 5.41) is 3.73.